The topological polar surface area (TPSA) is 29.5 Å². The van der Waals surface area contributed by atoms with Gasteiger partial charge in [-0.3, -0.25) is 0 Å². The van der Waals surface area contributed by atoms with Crippen LogP contribution in [0.5, 0.6) is 0 Å². The molecule has 0 radical (unpaired) electrons. The summed E-state index contributed by atoms with van der Waals surface area (Å²) in [5.41, 5.74) is 0. The van der Waals surface area contributed by atoms with E-state index in [-0.39, 0.29) is 6.09 Å². The first-order valence-corrected chi connectivity index (χ1v) is 3.81. The Morgan fingerprint density at radius 3 is 2.70 bits per heavy atom. The lowest BCUT2D eigenvalue weighted by atomic mass is 9.92. The molecule has 1 aliphatic heterocycles. The largest absolute Gasteiger partial charge is 0.448 e. The Balaban J connectivity index is 1.96. The van der Waals surface area contributed by atoms with Gasteiger partial charge >= 0.3 is 6.09 Å². The molecule has 0 N–H and O–H groups in total. The van der Waals surface area contributed by atoms with Crippen LogP contribution in [0, 0.1) is 0 Å². The lowest BCUT2D eigenvalue weighted by Crippen LogP contribution is -2.40. The van der Waals surface area contributed by atoms with Crippen molar-refractivity contribution in [2.45, 2.75) is 25.3 Å². The van der Waals surface area contributed by atoms with Gasteiger partial charge in [-0.05, 0) is 19.3 Å². The van der Waals surface area contributed by atoms with Crippen molar-refractivity contribution in [1.82, 2.24) is 4.90 Å². The van der Waals surface area contributed by atoms with Gasteiger partial charge in [-0.25, -0.2) is 4.79 Å². The molecule has 0 atom stereocenters. The fraction of sp³-hybridized carbons (Fsp3) is 0.857. The molecule has 0 aromatic carbocycles. The lowest BCUT2D eigenvalue weighted by Gasteiger charge is -2.32. The maximum Gasteiger partial charge on any atom is 0.410 e. The van der Waals surface area contributed by atoms with E-state index < -0.39 is 0 Å². The molecule has 1 heterocycles. The Bertz CT molecular complexity index is 154. The first kappa shape index (κ1) is 6.01. The zero-order valence-corrected chi connectivity index (χ0v) is 5.88. The second-order valence-corrected chi connectivity index (χ2v) is 2.89. The minimum Gasteiger partial charge on any atom is -0.448 e. The number of nitrogens with zero attached hydrogens (tertiary/aromatic N) is 1. The van der Waals surface area contributed by atoms with Crippen LogP contribution in [0.2, 0.25) is 0 Å². The third-order valence-corrected chi connectivity index (χ3v) is 2.31. The van der Waals surface area contributed by atoms with Crippen molar-refractivity contribution in [3.05, 3.63) is 0 Å². The summed E-state index contributed by atoms with van der Waals surface area (Å²) in [5.74, 6) is 0. The summed E-state index contributed by atoms with van der Waals surface area (Å²) in [7, 11) is 0. The van der Waals surface area contributed by atoms with E-state index in [2.05, 4.69) is 0 Å². The Morgan fingerprint density at radius 2 is 2.30 bits per heavy atom. The van der Waals surface area contributed by atoms with Gasteiger partial charge in [0.25, 0.3) is 0 Å². The number of carbonyl (C=O) groups is 1. The molecule has 2 fully saturated rings. The number of cyclic esters (lactones) is 1. The molecule has 1 aliphatic carbocycles. The number of carbonyl (C=O) groups excluding carboxylic acids is 1. The van der Waals surface area contributed by atoms with Crippen LogP contribution in [0.25, 0.3) is 0 Å². The van der Waals surface area contributed by atoms with Crippen LogP contribution in [0.4, 0.5) is 4.79 Å². The second kappa shape index (κ2) is 2.15. The van der Waals surface area contributed by atoms with Crippen molar-refractivity contribution in [3.63, 3.8) is 0 Å². The number of ether oxygens (including phenoxy) is 1. The van der Waals surface area contributed by atoms with Crippen LogP contribution in [0.15, 0.2) is 0 Å². The Kier molecular flexibility index (Phi) is 1.29. The summed E-state index contributed by atoms with van der Waals surface area (Å²) in [5, 5.41) is 0. The summed E-state index contributed by atoms with van der Waals surface area (Å²) < 4.78 is 4.81. The van der Waals surface area contributed by atoms with Crippen LogP contribution < -0.4 is 0 Å². The van der Waals surface area contributed by atoms with Crippen molar-refractivity contribution < 1.29 is 9.53 Å². The van der Waals surface area contributed by atoms with Gasteiger partial charge in [0, 0.05) is 6.04 Å². The highest BCUT2D eigenvalue weighted by Crippen LogP contribution is 2.26. The Labute approximate surface area is 60.0 Å². The molecule has 0 aromatic rings. The van der Waals surface area contributed by atoms with Crippen LogP contribution >= 0.6 is 0 Å². The van der Waals surface area contributed by atoms with Crippen molar-refractivity contribution in [2.24, 2.45) is 0 Å². The van der Waals surface area contributed by atoms with Crippen LogP contribution in [-0.4, -0.2) is 30.2 Å². The molecule has 3 nitrogen and oxygen atoms in total. The molecule has 2 aliphatic rings. The van der Waals surface area contributed by atoms with Gasteiger partial charge in [-0.15, -0.1) is 0 Å². The number of hydrogen-bond acceptors (Lipinski definition) is 2. The summed E-state index contributed by atoms with van der Waals surface area (Å²) in [4.78, 5) is 12.8. The molecule has 1 saturated carbocycles. The van der Waals surface area contributed by atoms with Crippen molar-refractivity contribution in [3.8, 4) is 0 Å². The minimum absolute atomic E-state index is 0.107. The van der Waals surface area contributed by atoms with Gasteiger partial charge < -0.3 is 9.64 Å². The summed E-state index contributed by atoms with van der Waals surface area (Å²) in [6.45, 7) is 1.40. The molecular formula is C7H11NO2. The van der Waals surface area contributed by atoms with E-state index in [0.29, 0.717) is 12.6 Å². The smallest absolute Gasteiger partial charge is 0.410 e. The molecule has 56 valence electrons. The summed E-state index contributed by atoms with van der Waals surface area (Å²) in [6.07, 6.45) is 3.52. The molecule has 1 saturated heterocycles. The van der Waals surface area contributed by atoms with Crippen molar-refractivity contribution in [1.29, 1.82) is 0 Å². The number of rotatable bonds is 1. The zero-order chi connectivity index (χ0) is 6.97. The molecular weight excluding hydrogens is 130 g/mol. The fourth-order valence-corrected chi connectivity index (χ4v) is 1.44. The highest BCUT2D eigenvalue weighted by molar-refractivity contribution is 5.69. The standard InChI is InChI=1S/C7H11NO2/c9-7-8(4-5-10-7)6-2-1-3-6/h6H,1-5H2. The van der Waals surface area contributed by atoms with Gasteiger partial charge in [0.15, 0.2) is 0 Å². The van der Waals surface area contributed by atoms with E-state index in [9.17, 15) is 4.79 Å². The highest BCUT2D eigenvalue weighted by atomic mass is 16.6. The normalized spacial score (nSPS) is 26.4. The number of amides is 1. The highest BCUT2D eigenvalue weighted by Gasteiger charge is 2.32. The van der Waals surface area contributed by atoms with Gasteiger partial charge in [0.05, 0.1) is 6.54 Å². The quantitative estimate of drug-likeness (QED) is 0.545. The maximum absolute atomic E-state index is 10.9. The summed E-state index contributed by atoms with van der Waals surface area (Å²) >= 11 is 0. The van der Waals surface area contributed by atoms with E-state index in [1.807, 2.05) is 4.90 Å². The van der Waals surface area contributed by atoms with E-state index >= 15 is 0 Å². The number of hydrogen-bond donors (Lipinski definition) is 0. The van der Waals surface area contributed by atoms with E-state index in [1.54, 1.807) is 0 Å². The maximum atomic E-state index is 10.9. The van der Waals surface area contributed by atoms with Crippen molar-refractivity contribution >= 4 is 6.09 Å². The molecule has 0 spiro atoms. The average Bonchev–Trinajstić information content (AvgIpc) is 2.12. The van der Waals surface area contributed by atoms with Gasteiger partial charge in [0.2, 0.25) is 0 Å². The zero-order valence-electron chi connectivity index (χ0n) is 5.88. The van der Waals surface area contributed by atoms with Crippen LogP contribution in [-0.2, 0) is 4.74 Å². The van der Waals surface area contributed by atoms with Gasteiger partial charge in [-0.1, -0.05) is 0 Å². The Morgan fingerprint density at radius 1 is 1.50 bits per heavy atom. The SMILES string of the molecule is O=C1OCCN1C1CCC1. The van der Waals surface area contributed by atoms with Crippen LogP contribution in [0.1, 0.15) is 19.3 Å². The molecule has 2 rings (SSSR count). The molecule has 0 aromatic heterocycles. The Hall–Kier alpha value is -0.730. The first-order chi connectivity index (χ1) is 4.88. The molecule has 0 bridgehead atoms. The lowest BCUT2D eigenvalue weighted by molar-refractivity contribution is 0.129. The third kappa shape index (κ3) is 0.770. The third-order valence-electron chi connectivity index (χ3n) is 2.31. The van der Waals surface area contributed by atoms with Crippen LogP contribution in [0.3, 0.4) is 0 Å². The van der Waals surface area contributed by atoms with E-state index in [4.69, 9.17) is 4.74 Å². The molecule has 0 unspecified atom stereocenters. The first-order valence-electron chi connectivity index (χ1n) is 3.81. The molecule has 10 heavy (non-hydrogen) atoms. The van der Waals surface area contributed by atoms with E-state index in [0.717, 1.165) is 6.54 Å². The minimum atomic E-state index is -0.107. The van der Waals surface area contributed by atoms with Gasteiger partial charge in [0.1, 0.15) is 6.61 Å². The fourth-order valence-electron chi connectivity index (χ4n) is 1.44. The molecule has 3 heteroatoms. The monoisotopic (exact) mass is 141 g/mol. The van der Waals surface area contributed by atoms with Crippen molar-refractivity contribution in [2.75, 3.05) is 13.2 Å². The summed E-state index contributed by atoms with van der Waals surface area (Å²) in [6, 6.07) is 0.509. The predicted octanol–water partition coefficient (Wildman–Crippen LogP) is 0.991. The second-order valence-electron chi connectivity index (χ2n) is 2.89. The van der Waals surface area contributed by atoms with E-state index in [1.165, 1.54) is 19.3 Å². The predicted molar refractivity (Wildman–Crippen MR) is 35.7 cm³/mol. The average molecular weight is 141 g/mol. The molecule has 1 amide bonds. The van der Waals surface area contributed by atoms with Gasteiger partial charge in [-0.2, -0.15) is 0 Å².